The molecule has 0 aliphatic carbocycles. The Kier molecular flexibility index (Phi) is 2.42. The Morgan fingerprint density at radius 1 is 1.46 bits per heavy atom. The zero-order valence-corrected chi connectivity index (χ0v) is 7.27. The molecule has 1 saturated heterocycles. The highest BCUT2D eigenvalue weighted by Crippen LogP contribution is 2.19. The first-order valence-corrected chi connectivity index (χ1v) is 4.27. The van der Waals surface area contributed by atoms with Crippen LogP contribution in [0, 0.1) is 0 Å². The Hall–Kier alpha value is -1.13. The second kappa shape index (κ2) is 3.72. The minimum absolute atomic E-state index is 0.0581. The van der Waals surface area contributed by atoms with Gasteiger partial charge in [-0.1, -0.05) is 0 Å². The zero-order valence-electron chi connectivity index (χ0n) is 7.27. The standard InChI is InChI=1S/C9H12N2O2/c10-7-1-2-11-8(5-7)9-6-12-3-4-13-9/h1-2,5,9H,3-4,6H2,(H2,10,11). The number of rotatable bonds is 1. The van der Waals surface area contributed by atoms with Crippen molar-refractivity contribution >= 4 is 5.69 Å². The zero-order chi connectivity index (χ0) is 9.10. The summed E-state index contributed by atoms with van der Waals surface area (Å²) in [6.45, 7) is 1.86. The lowest BCUT2D eigenvalue weighted by Crippen LogP contribution is -2.22. The Morgan fingerprint density at radius 2 is 2.38 bits per heavy atom. The third kappa shape index (κ3) is 1.96. The maximum atomic E-state index is 5.63. The van der Waals surface area contributed by atoms with E-state index in [1.165, 1.54) is 0 Å². The summed E-state index contributed by atoms with van der Waals surface area (Å²) in [6, 6.07) is 3.58. The number of aromatic nitrogens is 1. The largest absolute Gasteiger partial charge is 0.399 e. The summed E-state index contributed by atoms with van der Waals surface area (Å²) in [4.78, 5) is 4.18. The maximum absolute atomic E-state index is 5.63. The van der Waals surface area contributed by atoms with Gasteiger partial charge in [-0.2, -0.15) is 0 Å². The number of pyridine rings is 1. The van der Waals surface area contributed by atoms with E-state index in [4.69, 9.17) is 15.2 Å². The molecule has 1 atom stereocenters. The van der Waals surface area contributed by atoms with Gasteiger partial charge in [0.25, 0.3) is 0 Å². The number of nitrogen functional groups attached to an aromatic ring is 1. The number of hydrogen-bond donors (Lipinski definition) is 1. The maximum Gasteiger partial charge on any atom is 0.123 e. The smallest absolute Gasteiger partial charge is 0.123 e. The molecule has 70 valence electrons. The van der Waals surface area contributed by atoms with Crippen LogP contribution in [-0.2, 0) is 9.47 Å². The summed E-state index contributed by atoms with van der Waals surface area (Å²) in [7, 11) is 0. The topological polar surface area (TPSA) is 57.4 Å². The average Bonchev–Trinajstić information content (AvgIpc) is 2.19. The SMILES string of the molecule is Nc1ccnc(C2COCCO2)c1. The molecule has 13 heavy (non-hydrogen) atoms. The van der Waals surface area contributed by atoms with E-state index in [9.17, 15) is 0 Å². The molecule has 2 rings (SSSR count). The van der Waals surface area contributed by atoms with Crippen molar-refractivity contribution in [3.8, 4) is 0 Å². The normalized spacial score (nSPS) is 22.9. The van der Waals surface area contributed by atoms with Gasteiger partial charge in [0.15, 0.2) is 0 Å². The van der Waals surface area contributed by atoms with E-state index in [-0.39, 0.29) is 6.10 Å². The molecule has 0 aromatic carbocycles. The molecule has 0 amide bonds. The predicted octanol–water partition coefficient (Wildman–Crippen LogP) is 0.752. The number of hydrogen-bond acceptors (Lipinski definition) is 4. The number of nitrogens with zero attached hydrogens (tertiary/aromatic N) is 1. The molecule has 0 radical (unpaired) electrons. The van der Waals surface area contributed by atoms with Crippen LogP contribution >= 0.6 is 0 Å². The van der Waals surface area contributed by atoms with Crippen LogP contribution < -0.4 is 5.73 Å². The van der Waals surface area contributed by atoms with Crippen LogP contribution in [0.5, 0.6) is 0 Å². The van der Waals surface area contributed by atoms with Crippen molar-refractivity contribution in [3.63, 3.8) is 0 Å². The van der Waals surface area contributed by atoms with Crippen molar-refractivity contribution < 1.29 is 9.47 Å². The first-order chi connectivity index (χ1) is 6.36. The van der Waals surface area contributed by atoms with Gasteiger partial charge in [-0.25, -0.2) is 0 Å². The lowest BCUT2D eigenvalue weighted by molar-refractivity contribution is -0.0917. The Balaban J connectivity index is 2.14. The van der Waals surface area contributed by atoms with Crippen LogP contribution in [-0.4, -0.2) is 24.8 Å². The Morgan fingerprint density at radius 3 is 3.08 bits per heavy atom. The second-order valence-electron chi connectivity index (χ2n) is 2.95. The molecule has 4 heteroatoms. The van der Waals surface area contributed by atoms with Crippen LogP contribution in [0.1, 0.15) is 11.8 Å². The van der Waals surface area contributed by atoms with Crippen molar-refractivity contribution in [2.24, 2.45) is 0 Å². The van der Waals surface area contributed by atoms with E-state index in [2.05, 4.69) is 4.98 Å². The van der Waals surface area contributed by atoms with Gasteiger partial charge in [-0.15, -0.1) is 0 Å². The van der Waals surface area contributed by atoms with Crippen molar-refractivity contribution in [2.75, 3.05) is 25.6 Å². The summed E-state index contributed by atoms with van der Waals surface area (Å²) < 4.78 is 10.7. The number of anilines is 1. The van der Waals surface area contributed by atoms with Crippen molar-refractivity contribution in [1.82, 2.24) is 4.98 Å². The molecular formula is C9H12N2O2. The molecule has 0 saturated carbocycles. The van der Waals surface area contributed by atoms with Crippen molar-refractivity contribution in [3.05, 3.63) is 24.0 Å². The van der Waals surface area contributed by atoms with E-state index in [1.807, 2.05) is 6.07 Å². The van der Waals surface area contributed by atoms with Crippen LogP contribution in [0.25, 0.3) is 0 Å². The second-order valence-corrected chi connectivity index (χ2v) is 2.95. The molecule has 1 unspecified atom stereocenters. The lowest BCUT2D eigenvalue weighted by atomic mass is 10.2. The minimum atomic E-state index is -0.0581. The molecule has 1 aliphatic heterocycles. The molecule has 1 aliphatic rings. The molecule has 1 fully saturated rings. The molecule has 0 bridgehead atoms. The van der Waals surface area contributed by atoms with E-state index in [0.717, 1.165) is 5.69 Å². The van der Waals surface area contributed by atoms with Gasteiger partial charge in [-0.3, -0.25) is 4.98 Å². The summed E-state index contributed by atoms with van der Waals surface area (Å²) in [5.74, 6) is 0. The van der Waals surface area contributed by atoms with Gasteiger partial charge in [-0.05, 0) is 12.1 Å². The fraction of sp³-hybridized carbons (Fsp3) is 0.444. The summed E-state index contributed by atoms with van der Waals surface area (Å²) in [5.41, 5.74) is 7.18. The van der Waals surface area contributed by atoms with Crippen molar-refractivity contribution in [1.29, 1.82) is 0 Å². The third-order valence-corrected chi connectivity index (χ3v) is 1.95. The molecule has 1 aromatic rings. The highest BCUT2D eigenvalue weighted by Gasteiger charge is 2.17. The fourth-order valence-electron chi connectivity index (χ4n) is 1.30. The highest BCUT2D eigenvalue weighted by molar-refractivity contribution is 5.37. The van der Waals surface area contributed by atoms with E-state index < -0.39 is 0 Å². The third-order valence-electron chi connectivity index (χ3n) is 1.95. The van der Waals surface area contributed by atoms with Crippen LogP contribution in [0.3, 0.4) is 0 Å². The van der Waals surface area contributed by atoms with E-state index in [1.54, 1.807) is 12.3 Å². The van der Waals surface area contributed by atoms with Crippen LogP contribution in [0.15, 0.2) is 18.3 Å². The van der Waals surface area contributed by atoms with E-state index >= 15 is 0 Å². The van der Waals surface area contributed by atoms with Crippen LogP contribution in [0.4, 0.5) is 5.69 Å². The van der Waals surface area contributed by atoms with E-state index in [0.29, 0.717) is 25.5 Å². The molecular weight excluding hydrogens is 168 g/mol. The average molecular weight is 180 g/mol. The minimum Gasteiger partial charge on any atom is -0.399 e. The summed E-state index contributed by atoms with van der Waals surface area (Å²) in [5, 5.41) is 0. The van der Waals surface area contributed by atoms with Crippen LogP contribution in [0.2, 0.25) is 0 Å². The molecule has 4 nitrogen and oxygen atoms in total. The highest BCUT2D eigenvalue weighted by atomic mass is 16.6. The number of nitrogens with two attached hydrogens (primary N) is 1. The van der Waals surface area contributed by atoms with Gasteiger partial charge in [0.1, 0.15) is 6.10 Å². The Labute approximate surface area is 76.7 Å². The monoisotopic (exact) mass is 180 g/mol. The van der Waals surface area contributed by atoms with Gasteiger partial charge in [0.05, 0.1) is 25.5 Å². The number of ether oxygens (including phenoxy) is 2. The first kappa shape index (κ1) is 8.47. The lowest BCUT2D eigenvalue weighted by Gasteiger charge is -2.22. The van der Waals surface area contributed by atoms with Gasteiger partial charge in [0.2, 0.25) is 0 Å². The quantitative estimate of drug-likeness (QED) is 0.693. The predicted molar refractivity (Wildman–Crippen MR) is 48.2 cm³/mol. The van der Waals surface area contributed by atoms with Crippen molar-refractivity contribution in [2.45, 2.75) is 6.10 Å². The first-order valence-electron chi connectivity index (χ1n) is 4.27. The molecule has 0 spiro atoms. The van der Waals surface area contributed by atoms with Gasteiger partial charge < -0.3 is 15.2 Å². The fourth-order valence-corrected chi connectivity index (χ4v) is 1.30. The van der Waals surface area contributed by atoms with Gasteiger partial charge >= 0.3 is 0 Å². The molecule has 2 heterocycles. The molecule has 1 aromatic heterocycles. The Bertz CT molecular complexity index is 285. The molecule has 2 N–H and O–H groups in total. The summed E-state index contributed by atoms with van der Waals surface area (Å²) >= 11 is 0. The summed E-state index contributed by atoms with van der Waals surface area (Å²) in [6.07, 6.45) is 1.63. The van der Waals surface area contributed by atoms with Gasteiger partial charge in [0, 0.05) is 11.9 Å².